The van der Waals surface area contributed by atoms with E-state index in [1.54, 1.807) is 43.3 Å². The van der Waals surface area contributed by atoms with Gasteiger partial charge in [-0.3, -0.25) is 4.72 Å². The fourth-order valence-corrected chi connectivity index (χ4v) is 5.03. The van der Waals surface area contributed by atoms with Gasteiger partial charge in [0.05, 0.1) is 17.6 Å². The lowest BCUT2D eigenvalue weighted by atomic mass is 10.1. The molecule has 0 saturated carbocycles. The standard InChI is InChI=1S/C22H19ClFNO4S2/c1-14-3-10-19(12-20(14)22(26)29-2)31(27,28)25-17-6-8-18(9-7-17)30-13-15-4-5-16(24)11-21(15)23/h3-12,25H,13H2,1-2H3. The summed E-state index contributed by atoms with van der Waals surface area (Å²) in [6.45, 7) is 1.70. The molecule has 0 bridgehead atoms. The van der Waals surface area contributed by atoms with Gasteiger partial charge >= 0.3 is 5.97 Å². The van der Waals surface area contributed by atoms with Crippen LogP contribution in [0.1, 0.15) is 21.5 Å². The number of rotatable bonds is 7. The van der Waals surface area contributed by atoms with Crippen molar-refractivity contribution in [1.82, 2.24) is 0 Å². The minimum Gasteiger partial charge on any atom is -0.465 e. The summed E-state index contributed by atoms with van der Waals surface area (Å²) in [5.41, 5.74) is 1.99. The summed E-state index contributed by atoms with van der Waals surface area (Å²) < 4.78 is 45.8. The van der Waals surface area contributed by atoms with E-state index in [1.165, 1.54) is 43.1 Å². The number of aryl methyl sites for hydroxylation is 1. The summed E-state index contributed by atoms with van der Waals surface area (Å²) in [4.78, 5) is 12.7. The molecule has 3 rings (SSSR count). The van der Waals surface area contributed by atoms with Gasteiger partial charge in [0.25, 0.3) is 10.0 Å². The van der Waals surface area contributed by atoms with Crippen LogP contribution in [-0.2, 0) is 20.5 Å². The molecular weight excluding hydrogens is 461 g/mol. The van der Waals surface area contributed by atoms with Crippen molar-refractivity contribution in [2.45, 2.75) is 22.5 Å². The van der Waals surface area contributed by atoms with Gasteiger partial charge in [0.2, 0.25) is 0 Å². The molecule has 0 amide bonds. The van der Waals surface area contributed by atoms with E-state index < -0.39 is 16.0 Å². The van der Waals surface area contributed by atoms with E-state index in [-0.39, 0.29) is 16.3 Å². The van der Waals surface area contributed by atoms with Gasteiger partial charge in [-0.1, -0.05) is 23.7 Å². The number of sulfonamides is 1. The second kappa shape index (κ2) is 9.72. The minimum absolute atomic E-state index is 0.0390. The lowest BCUT2D eigenvalue weighted by Gasteiger charge is -2.11. The highest BCUT2D eigenvalue weighted by atomic mass is 35.5. The largest absolute Gasteiger partial charge is 0.465 e. The fraction of sp³-hybridized carbons (Fsp3) is 0.136. The van der Waals surface area contributed by atoms with Gasteiger partial charge in [0.1, 0.15) is 5.82 Å². The van der Waals surface area contributed by atoms with E-state index in [4.69, 9.17) is 16.3 Å². The average Bonchev–Trinajstić information content (AvgIpc) is 2.73. The molecule has 0 unspecified atom stereocenters. The molecule has 0 heterocycles. The fourth-order valence-electron chi connectivity index (χ4n) is 2.73. The molecule has 0 aromatic heterocycles. The summed E-state index contributed by atoms with van der Waals surface area (Å²) in [7, 11) is -2.65. The van der Waals surface area contributed by atoms with Crippen LogP contribution in [0.5, 0.6) is 0 Å². The Morgan fingerprint density at radius 2 is 1.81 bits per heavy atom. The number of ether oxygens (including phenoxy) is 1. The number of esters is 1. The third-order valence-electron chi connectivity index (χ3n) is 4.44. The zero-order chi connectivity index (χ0) is 22.6. The highest BCUT2D eigenvalue weighted by molar-refractivity contribution is 7.98. The second-order valence-corrected chi connectivity index (χ2v) is 9.76. The van der Waals surface area contributed by atoms with Gasteiger partial charge in [-0.05, 0) is 66.6 Å². The molecule has 3 aromatic carbocycles. The smallest absolute Gasteiger partial charge is 0.338 e. The molecule has 0 radical (unpaired) electrons. The van der Waals surface area contributed by atoms with Crippen molar-refractivity contribution in [3.05, 3.63) is 88.2 Å². The zero-order valence-electron chi connectivity index (χ0n) is 16.7. The van der Waals surface area contributed by atoms with Gasteiger partial charge in [-0.2, -0.15) is 0 Å². The Morgan fingerprint density at radius 3 is 2.45 bits per heavy atom. The predicted octanol–water partition coefficient (Wildman–Crippen LogP) is 5.67. The van der Waals surface area contributed by atoms with Crippen LogP contribution in [-0.4, -0.2) is 21.5 Å². The Kier molecular flexibility index (Phi) is 7.25. The third kappa shape index (κ3) is 5.78. The van der Waals surface area contributed by atoms with Crippen LogP contribution in [0.15, 0.2) is 70.5 Å². The normalized spacial score (nSPS) is 11.2. The number of anilines is 1. The van der Waals surface area contributed by atoms with Crippen LogP contribution >= 0.6 is 23.4 Å². The zero-order valence-corrected chi connectivity index (χ0v) is 19.1. The van der Waals surface area contributed by atoms with Gasteiger partial charge in [0.15, 0.2) is 0 Å². The first kappa shape index (κ1) is 23.1. The first-order valence-electron chi connectivity index (χ1n) is 9.08. The maximum Gasteiger partial charge on any atom is 0.338 e. The van der Waals surface area contributed by atoms with E-state index >= 15 is 0 Å². The molecule has 162 valence electrons. The summed E-state index contributed by atoms with van der Waals surface area (Å²) in [6.07, 6.45) is 0. The number of hydrogen-bond donors (Lipinski definition) is 1. The molecule has 0 fully saturated rings. The molecule has 0 aliphatic carbocycles. The maximum atomic E-state index is 13.1. The van der Waals surface area contributed by atoms with Crippen LogP contribution in [0, 0.1) is 12.7 Å². The molecule has 3 aromatic rings. The number of benzene rings is 3. The summed E-state index contributed by atoms with van der Waals surface area (Å²) in [5.74, 6) is -0.441. The number of hydrogen-bond acceptors (Lipinski definition) is 5. The first-order valence-corrected chi connectivity index (χ1v) is 11.9. The summed E-state index contributed by atoms with van der Waals surface area (Å²) in [5, 5.41) is 0.362. The van der Waals surface area contributed by atoms with Crippen molar-refractivity contribution in [2.24, 2.45) is 0 Å². The first-order chi connectivity index (χ1) is 14.7. The highest BCUT2D eigenvalue weighted by Gasteiger charge is 2.18. The van der Waals surface area contributed by atoms with Gasteiger partial charge in [-0.25, -0.2) is 17.6 Å². The highest BCUT2D eigenvalue weighted by Crippen LogP contribution is 2.28. The van der Waals surface area contributed by atoms with Crippen LogP contribution in [0.2, 0.25) is 5.02 Å². The van der Waals surface area contributed by atoms with E-state index in [9.17, 15) is 17.6 Å². The van der Waals surface area contributed by atoms with Gasteiger partial charge in [0, 0.05) is 21.4 Å². The van der Waals surface area contributed by atoms with Crippen LogP contribution in [0.25, 0.3) is 0 Å². The quantitative estimate of drug-likeness (QED) is 0.349. The molecular formula is C22H19ClFNO4S2. The van der Waals surface area contributed by atoms with Crippen LogP contribution in [0.3, 0.4) is 0 Å². The Morgan fingerprint density at radius 1 is 1.10 bits per heavy atom. The molecule has 0 aliphatic rings. The number of thioether (sulfide) groups is 1. The Balaban J connectivity index is 1.71. The molecule has 9 heteroatoms. The van der Waals surface area contributed by atoms with E-state index in [0.717, 1.165) is 10.5 Å². The molecule has 5 nitrogen and oxygen atoms in total. The van der Waals surface area contributed by atoms with Crippen LogP contribution < -0.4 is 4.72 Å². The lowest BCUT2D eigenvalue weighted by Crippen LogP contribution is -2.14. The number of nitrogens with one attached hydrogen (secondary N) is 1. The molecule has 0 spiro atoms. The Hall–Kier alpha value is -2.55. The molecule has 0 atom stereocenters. The Labute approximate surface area is 189 Å². The molecule has 0 saturated heterocycles. The SMILES string of the molecule is COC(=O)c1cc(S(=O)(=O)Nc2ccc(SCc3ccc(F)cc3Cl)cc2)ccc1C. The number of methoxy groups -OCH3 is 1. The van der Waals surface area contributed by atoms with Crippen molar-refractivity contribution in [3.8, 4) is 0 Å². The van der Waals surface area contributed by atoms with Crippen molar-refractivity contribution < 1.29 is 22.3 Å². The monoisotopic (exact) mass is 479 g/mol. The average molecular weight is 480 g/mol. The number of carbonyl (C=O) groups is 1. The van der Waals surface area contributed by atoms with Crippen LogP contribution in [0.4, 0.5) is 10.1 Å². The van der Waals surface area contributed by atoms with E-state index in [1.807, 2.05) is 0 Å². The summed E-state index contributed by atoms with van der Waals surface area (Å²) >= 11 is 7.53. The Bertz CT molecular complexity index is 1210. The van der Waals surface area contributed by atoms with Crippen molar-refractivity contribution in [3.63, 3.8) is 0 Å². The third-order valence-corrected chi connectivity index (χ3v) is 7.23. The molecule has 1 N–H and O–H groups in total. The van der Waals surface area contributed by atoms with Crippen molar-refractivity contribution in [2.75, 3.05) is 11.8 Å². The van der Waals surface area contributed by atoms with Crippen molar-refractivity contribution >= 4 is 45.0 Å². The molecule has 0 aliphatic heterocycles. The van der Waals surface area contributed by atoms with E-state index in [0.29, 0.717) is 22.0 Å². The number of carbonyl (C=O) groups excluding carboxylic acids is 1. The predicted molar refractivity (Wildman–Crippen MR) is 121 cm³/mol. The maximum absolute atomic E-state index is 13.1. The van der Waals surface area contributed by atoms with Gasteiger partial charge in [-0.15, -0.1) is 11.8 Å². The minimum atomic E-state index is -3.89. The topological polar surface area (TPSA) is 72.5 Å². The molecule has 31 heavy (non-hydrogen) atoms. The summed E-state index contributed by atoms with van der Waals surface area (Å²) in [6, 6.07) is 15.4. The lowest BCUT2D eigenvalue weighted by molar-refractivity contribution is 0.0599. The van der Waals surface area contributed by atoms with Gasteiger partial charge < -0.3 is 4.74 Å². The van der Waals surface area contributed by atoms with Crippen molar-refractivity contribution in [1.29, 1.82) is 0 Å². The van der Waals surface area contributed by atoms with E-state index in [2.05, 4.69) is 4.72 Å². The number of halogens is 2. The second-order valence-electron chi connectivity index (χ2n) is 6.62.